The van der Waals surface area contributed by atoms with Gasteiger partial charge in [0, 0.05) is 30.7 Å². The van der Waals surface area contributed by atoms with Crippen molar-refractivity contribution >= 4 is 58.0 Å². The van der Waals surface area contributed by atoms with Crippen molar-refractivity contribution in [3.8, 4) is 11.5 Å². The van der Waals surface area contributed by atoms with Crippen LogP contribution in [-0.4, -0.2) is 36.7 Å². The summed E-state index contributed by atoms with van der Waals surface area (Å²) >= 11 is 24.7. The molecule has 31 heavy (non-hydrogen) atoms. The van der Waals surface area contributed by atoms with Crippen LogP contribution < -0.4 is 14.8 Å². The van der Waals surface area contributed by atoms with Crippen LogP contribution in [0, 0.1) is 5.92 Å². The van der Waals surface area contributed by atoms with Crippen LogP contribution in [0.2, 0.25) is 10.0 Å². The summed E-state index contributed by atoms with van der Waals surface area (Å²) in [4.78, 5) is 17.0. The maximum absolute atomic E-state index is 12.2. The summed E-state index contributed by atoms with van der Waals surface area (Å²) in [7, 11) is 2.89. The van der Waals surface area contributed by atoms with Gasteiger partial charge in [0.25, 0.3) is 5.91 Å². The van der Waals surface area contributed by atoms with Gasteiger partial charge in [-0.25, -0.2) is 0 Å². The number of alkyl halides is 2. The number of amides is 1. The molecule has 10 heteroatoms. The van der Waals surface area contributed by atoms with Gasteiger partial charge < -0.3 is 19.6 Å². The molecule has 1 saturated carbocycles. The summed E-state index contributed by atoms with van der Waals surface area (Å²) in [6.07, 6.45) is 0.663. The number of hydrogen-bond donors (Lipinski definition) is 1. The average Bonchev–Trinajstić information content (AvgIpc) is 3.36. The first-order valence-electron chi connectivity index (χ1n) is 9.30. The minimum atomic E-state index is -0.741. The van der Waals surface area contributed by atoms with Crippen molar-refractivity contribution < 1.29 is 19.1 Å². The lowest BCUT2D eigenvalue weighted by atomic mass is 10.0. The monoisotopic (exact) mass is 504 g/mol. The number of ether oxygens (including phenoxy) is 2. The molecule has 0 spiro atoms. The molecule has 0 bridgehead atoms. The lowest BCUT2D eigenvalue weighted by Crippen LogP contribution is -2.29. The third-order valence-corrected chi connectivity index (χ3v) is 6.14. The molecule has 1 N–H and O–H groups in total. The van der Waals surface area contributed by atoms with E-state index in [9.17, 15) is 4.79 Å². The van der Waals surface area contributed by atoms with Crippen molar-refractivity contribution in [1.82, 2.24) is 5.32 Å². The maximum atomic E-state index is 12.2. The Labute approximate surface area is 200 Å². The first kappa shape index (κ1) is 23.8. The Bertz CT molecular complexity index is 974. The zero-order valence-electron chi connectivity index (χ0n) is 16.8. The second-order valence-electron chi connectivity index (χ2n) is 6.84. The Morgan fingerprint density at radius 2 is 1.84 bits per heavy atom. The van der Waals surface area contributed by atoms with E-state index in [-0.39, 0.29) is 24.1 Å². The molecule has 3 rings (SSSR count). The zero-order valence-corrected chi connectivity index (χ0v) is 19.8. The van der Waals surface area contributed by atoms with Crippen molar-refractivity contribution in [3.05, 3.63) is 57.6 Å². The molecule has 1 fully saturated rings. The molecule has 0 heterocycles. The summed E-state index contributed by atoms with van der Waals surface area (Å²) in [5.41, 5.74) is 1.44. The van der Waals surface area contributed by atoms with Crippen molar-refractivity contribution in [2.45, 2.75) is 17.4 Å². The molecule has 1 atom stereocenters. The van der Waals surface area contributed by atoms with E-state index in [1.807, 2.05) is 12.1 Å². The highest BCUT2D eigenvalue weighted by molar-refractivity contribution is 6.50. The molecule has 1 aliphatic rings. The van der Waals surface area contributed by atoms with Crippen LogP contribution in [0.1, 0.15) is 17.5 Å². The van der Waals surface area contributed by atoms with Crippen LogP contribution in [0.15, 0.2) is 41.6 Å². The molecule has 166 valence electrons. The third kappa shape index (κ3) is 5.89. The standard InChI is InChI=1S/C21H20Cl4N2O4/c1-26-20(28)18(27-29-2)15-6-4-3-5-12(15)10-30-14-7-16(22)19(17(23)8-14)31-11-13-9-21(13,24)25/h3-8,13H,9-11H2,1-2H3,(H,26,28)/b27-18+. The lowest BCUT2D eigenvalue weighted by Gasteiger charge is -2.14. The van der Waals surface area contributed by atoms with Crippen LogP contribution >= 0.6 is 46.4 Å². The Morgan fingerprint density at radius 1 is 1.19 bits per heavy atom. The lowest BCUT2D eigenvalue weighted by molar-refractivity contribution is -0.114. The van der Waals surface area contributed by atoms with E-state index in [2.05, 4.69) is 10.5 Å². The minimum Gasteiger partial charge on any atom is -0.490 e. The number of carbonyl (C=O) groups is 1. The first-order chi connectivity index (χ1) is 14.8. The van der Waals surface area contributed by atoms with E-state index in [0.717, 1.165) is 5.56 Å². The molecule has 0 radical (unpaired) electrons. The van der Waals surface area contributed by atoms with Gasteiger partial charge in [-0.3, -0.25) is 4.79 Å². The fourth-order valence-electron chi connectivity index (χ4n) is 2.85. The number of benzene rings is 2. The van der Waals surface area contributed by atoms with Gasteiger partial charge >= 0.3 is 0 Å². The van der Waals surface area contributed by atoms with Gasteiger partial charge in [0.15, 0.2) is 11.5 Å². The van der Waals surface area contributed by atoms with E-state index >= 15 is 0 Å². The van der Waals surface area contributed by atoms with Gasteiger partial charge in [0.2, 0.25) is 0 Å². The number of rotatable bonds is 9. The summed E-state index contributed by atoms with van der Waals surface area (Å²) < 4.78 is 10.8. The molecule has 0 saturated heterocycles. The van der Waals surface area contributed by atoms with Crippen LogP contribution in [0.5, 0.6) is 11.5 Å². The van der Waals surface area contributed by atoms with Crippen LogP contribution in [0.4, 0.5) is 0 Å². The number of oxime groups is 1. The van der Waals surface area contributed by atoms with Crippen molar-refractivity contribution in [2.75, 3.05) is 20.8 Å². The summed E-state index contributed by atoms with van der Waals surface area (Å²) in [5, 5.41) is 6.99. The van der Waals surface area contributed by atoms with E-state index < -0.39 is 4.33 Å². The van der Waals surface area contributed by atoms with E-state index in [1.165, 1.54) is 14.2 Å². The highest BCUT2D eigenvalue weighted by atomic mass is 35.5. The molecule has 2 aromatic carbocycles. The zero-order chi connectivity index (χ0) is 22.6. The minimum absolute atomic E-state index is 0.0404. The van der Waals surface area contributed by atoms with E-state index in [4.69, 9.17) is 60.7 Å². The molecule has 1 aliphatic carbocycles. The van der Waals surface area contributed by atoms with Crippen LogP contribution in [0.25, 0.3) is 0 Å². The van der Waals surface area contributed by atoms with Gasteiger partial charge in [0.1, 0.15) is 23.8 Å². The molecular formula is C21H20Cl4N2O4. The van der Waals surface area contributed by atoms with Crippen LogP contribution in [-0.2, 0) is 16.2 Å². The van der Waals surface area contributed by atoms with Gasteiger partial charge in [-0.2, -0.15) is 0 Å². The topological polar surface area (TPSA) is 69.2 Å². The smallest absolute Gasteiger partial charge is 0.273 e. The largest absolute Gasteiger partial charge is 0.490 e. The van der Waals surface area contributed by atoms with Gasteiger partial charge in [0.05, 0.1) is 16.7 Å². The Balaban J connectivity index is 1.73. The van der Waals surface area contributed by atoms with E-state index in [1.54, 1.807) is 24.3 Å². The normalized spacial score (nSPS) is 17.1. The first-order valence-corrected chi connectivity index (χ1v) is 10.8. The molecule has 2 aromatic rings. The molecule has 0 aromatic heterocycles. The fraction of sp³-hybridized carbons (Fsp3) is 0.333. The van der Waals surface area contributed by atoms with Gasteiger partial charge in [-0.05, 0) is 12.0 Å². The summed E-state index contributed by atoms with van der Waals surface area (Å²) in [6, 6.07) is 10.4. The van der Waals surface area contributed by atoms with Crippen LogP contribution in [0.3, 0.4) is 0 Å². The average molecular weight is 506 g/mol. The number of likely N-dealkylation sites (N-methyl/N-ethyl adjacent to an activating group) is 1. The van der Waals surface area contributed by atoms with Gasteiger partial charge in [-0.1, -0.05) is 52.6 Å². The number of nitrogens with one attached hydrogen (secondary N) is 1. The molecular weight excluding hydrogens is 486 g/mol. The molecule has 6 nitrogen and oxygen atoms in total. The summed E-state index contributed by atoms with van der Waals surface area (Å²) in [6.45, 7) is 0.465. The van der Waals surface area contributed by atoms with Crippen molar-refractivity contribution in [1.29, 1.82) is 0 Å². The number of nitrogens with zero attached hydrogens (tertiary/aromatic N) is 1. The Hall–Kier alpha value is -1.86. The predicted molar refractivity (Wildman–Crippen MR) is 123 cm³/mol. The van der Waals surface area contributed by atoms with Gasteiger partial charge in [-0.15, -0.1) is 23.2 Å². The molecule has 0 aliphatic heterocycles. The maximum Gasteiger partial charge on any atom is 0.273 e. The number of hydrogen-bond acceptors (Lipinski definition) is 5. The second-order valence-corrected chi connectivity index (χ2v) is 9.19. The Kier molecular flexibility index (Phi) is 7.81. The highest BCUT2D eigenvalue weighted by Crippen LogP contribution is 2.53. The Morgan fingerprint density at radius 3 is 2.42 bits per heavy atom. The SMILES string of the molecule is CNC(=O)/C(=N/OC)c1ccccc1COc1cc(Cl)c(OCC2CC2(Cl)Cl)c(Cl)c1. The number of carbonyl (C=O) groups excluding carboxylic acids is 1. The number of halogens is 4. The molecule has 1 amide bonds. The summed E-state index contributed by atoms with van der Waals surface area (Å²) in [5.74, 6) is 0.452. The quantitative estimate of drug-likeness (QED) is 0.287. The predicted octanol–water partition coefficient (Wildman–Crippen LogP) is 5.24. The van der Waals surface area contributed by atoms with Crippen molar-refractivity contribution in [2.24, 2.45) is 11.1 Å². The second kappa shape index (κ2) is 10.2. The van der Waals surface area contributed by atoms with E-state index in [0.29, 0.717) is 40.1 Å². The third-order valence-electron chi connectivity index (χ3n) is 4.65. The van der Waals surface area contributed by atoms with Crippen molar-refractivity contribution in [3.63, 3.8) is 0 Å². The highest BCUT2D eigenvalue weighted by Gasteiger charge is 2.52. The fourth-order valence-corrected chi connectivity index (χ4v) is 3.93. The molecule has 1 unspecified atom stereocenters.